The summed E-state index contributed by atoms with van der Waals surface area (Å²) in [5.74, 6) is -0.172. The van der Waals surface area contributed by atoms with Crippen molar-refractivity contribution in [2.24, 2.45) is 0 Å². The van der Waals surface area contributed by atoms with E-state index in [1.54, 1.807) is 0 Å². The van der Waals surface area contributed by atoms with Crippen molar-refractivity contribution >= 4 is 17.5 Å². The molecule has 8 heteroatoms. The lowest BCUT2D eigenvalue weighted by Crippen LogP contribution is -2.07. The minimum absolute atomic E-state index is 0.00596. The molecule has 0 atom stereocenters. The highest BCUT2D eigenvalue weighted by Crippen LogP contribution is 2.37. The monoisotopic (exact) mass is 262 g/mol. The SMILES string of the molecule is Nc1n[nH]c(-c2ccc(Cl)cc2C(F)(F)F)n1. The summed E-state index contributed by atoms with van der Waals surface area (Å²) >= 11 is 5.54. The molecular formula is C9H6ClF3N4. The molecule has 1 aromatic heterocycles. The predicted molar refractivity (Wildman–Crippen MR) is 56.2 cm³/mol. The Hall–Kier alpha value is -1.76. The third kappa shape index (κ3) is 2.33. The van der Waals surface area contributed by atoms with Crippen LogP contribution in [0.25, 0.3) is 11.4 Å². The van der Waals surface area contributed by atoms with Crippen molar-refractivity contribution in [1.82, 2.24) is 15.2 Å². The minimum Gasteiger partial charge on any atom is -0.366 e. The Morgan fingerprint density at radius 1 is 1.29 bits per heavy atom. The van der Waals surface area contributed by atoms with Crippen LogP contribution < -0.4 is 5.73 Å². The smallest absolute Gasteiger partial charge is 0.366 e. The van der Waals surface area contributed by atoms with Gasteiger partial charge < -0.3 is 5.73 Å². The number of rotatable bonds is 1. The molecule has 0 aliphatic heterocycles. The van der Waals surface area contributed by atoms with Gasteiger partial charge in [0.25, 0.3) is 0 Å². The van der Waals surface area contributed by atoms with Gasteiger partial charge in [-0.25, -0.2) is 0 Å². The molecule has 0 radical (unpaired) electrons. The average molecular weight is 263 g/mol. The molecule has 0 bridgehead atoms. The zero-order valence-electron chi connectivity index (χ0n) is 8.22. The van der Waals surface area contributed by atoms with Crippen LogP contribution in [-0.4, -0.2) is 15.2 Å². The van der Waals surface area contributed by atoms with Gasteiger partial charge in [0.15, 0.2) is 5.82 Å². The lowest BCUT2D eigenvalue weighted by molar-refractivity contribution is -0.137. The number of aromatic amines is 1. The molecule has 0 saturated carbocycles. The Bertz CT molecular complexity index is 549. The molecule has 3 N–H and O–H groups in total. The molecule has 0 aliphatic rings. The van der Waals surface area contributed by atoms with E-state index < -0.39 is 11.7 Å². The summed E-state index contributed by atoms with van der Waals surface area (Å²) in [6.45, 7) is 0. The largest absolute Gasteiger partial charge is 0.417 e. The lowest BCUT2D eigenvalue weighted by atomic mass is 10.1. The molecule has 4 nitrogen and oxygen atoms in total. The van der Waals surface area contributed by atoms with Crippen LogP contribution in [0, 0.1) is 0 Å². The first-order valence-electron chi connectivity index (χ1n) is 4.43. The van der Waals surface area contributed by atoms with Crippen LogP contribution >= 0.6 is 11.6 Å². The van der Waals surface area contributed by atoms with E-state index in [1.165, 1.54) is 12.1 Å². The van der Waals surface area contributed by atoms with Gasteiger partial charge >= 0.3 is 6.18 Å². The van der Waals surface area contributed by atoms with Crippen LogP contribution in [-0.2, 0) is 6.18 Å². The topological polar surface area (TPSA) is 67.6 Å². The quantitative estimate of drug-likeness (QED) is 0.830. The van der Waals surface area contributed by atoms with Crippen LogP contribution in [0.3, 0.4) is 0 Å². The summed E-state index contributed by atoms with van der Waals surface area (Å²) in [7, 11) is 0. The molecule has 0 saturated heterocycles. The Balaban J connectivity index is 2.61. The van der Waals surface area contributed by atoms with E-state index in [1.807, 2.05) is 0 Å². The zero-order chi connectivity index (χ0) is 12.6. The summed E-state index contributed by atoms with van der Waals surface area (Å²) in [5.41, 5.74) is 4.21. The van der Waals surface area contributed by atoms with Crippen LogP contribution in [0.5, 0.6) is 0 Å². The molecule has 0 aliphatic carbocycles. The highest BCUT2D eigenvalue weighted by Gasteiger charge is 2.34. The van der Waals surface area contributed by atoms with Gasteiger partial charge in [0.05, 0.1) is 5.56 Å². The standard InChI is InChI=1S/C9H6ClF3N4/c10-4-1-2-5(6(3-4)9(11,12)13)7-15-8(14)17-16-7/h1-3H,(H3,14,15,16,17). The lowest BCUT2D eigenvalue weighted by Gasteiger charge is -2.11. The number of aromatic nitrogens is 3. The van der Waals surface area contributed by atoms with Gasteiger partial charge in [-0.1, -0.05) is 11.6 Å². The Morgan fingerprint density at radius 2 is 2.00 bits per heavy atom. The fourth-order valence-corrected chi connectivity index (χ4v) is 1.52. The Labute approximate surface area is 98.6 Å². The summed E-state index contributed by atoms with van der Waals surface area (Å²) < 4.78 is 38.3. The third-order valence-corrected chi connectivity index (χ3v) is 2.28. The first-order valence-corrected chi connectivity index (χ1v) is 4.81. The van der Waals surface area contributed by atoms with E-state index >= 15 is 0 Å². The normalized spacial score (nSPS) is 11.8. The molecule has 90 valence electrons. The van der Waals surface area contributed by atoms with E-state index in [4.69, 9.17) is 17.3 Å². The number of hydrogen-bond acceptors (Lipinski definition) is 3. The van der Waals surface area contributed by atoms with Gasteiger partial charge in [-0.15, -0.1) is 5.10 Å². The van der Waals surface area contributed by atoms with Crippen molar-refractivity contribution in [3.05, 3.63) is 28.8 Å². The van der Waals surface area contributed by atoms with Crippen molar-refractivity contribution in [1.29, 1.82) is 0 Å². The number of halogens is 4. The van der Waals surface area contributed by atoms with E-state index in [2.05, 4.69) is 15.2 Å². The molecular weight excluding hydrogens is 257 g/mol. The average Bonchev–Trinajstić information content (AvgIpc) is 2.63. The highest BCUT2D eigenvalue weighted by atomic mass is 35.5. The summed E-state index contributed by atoms with van der Waals surface area (Å²) in [4.78, 5) is 3.65. The van der Waals surface area contributed by atoms with Crippen LogP contribution in [0.4, 0.5) is 19.1 Å². The second-order valence-corrected chi connectivity index (χ2v) is 3.67. The molecule has 17 heavy (non-hydrogen) atoms. The van der Waals surface area contributed by atoms with E-state index in [-0.39, 0.29) is 22.4 Å². The molecule has 1 aromatic carbocycles. The molecule has 0 amide bonds. The number of H-pyrrole nitrogens is 1. The van der Waals surface area contributed by atoms with E-state index in [0.29, 0.717) is 0 Å². The van der Waals surface area contributed by atoms with Gasteiger partial charge in [-0.3, -0.25) is 5.10 Å². The number of anilines is 1. The number of benzene rings is 1. The van der Waals surface area contributed by atoms with Crippen molar-refractivity contribution < 1.29 is 13.2 Å². The second-order valence-electron chi connectivity index (χ2n) is 3.23. The van der Waals surface area contributed by atoms with Crippen molar-refractivity contribution in [3.8, 4) is 11.4 Å². The molecule has 2 rings (SSSR count). The van der Waals surface area contributed by atoms with E-state index in [9.17, 15) is 13.2 Å². The maximum Gasteiger partial charge on any atom is 0.417 e. The Kier molecular flexibility index (Phi) is 2.70. The first kappa shape index (κ1) is 11.7. The Morgan fingerprint density at radius 3 is 2.53 bits per heavy atom. The maximum atomic E-state index is 12.8. The molecule has 1 heterocycles. The van der Waals surface area contributed by atoms with Gasteiger partial charge in [0, 0.05) is 10.6 Å². The first-order chi connectivity index (χ1) is 7.88. The fraction of sp³-hybridized carbons (Fsp3) is 0.111. The zero-order valence-corrected chi connectivity index (χ0v) is 8.97. The molecule has 0 spiro atoms. The van der Waals surface area contributed by atoms with Gasteiger partial charge in [0.2, 0.25) is 5.95 Å². The summed E-state index contributed by atoms with van der Waals surface area (Å²) in [6, 6.07) is 3.38. The number of nitrogen functional groups attached to an aromatic ring is 1. The number of alkyl halides is 3. The van der Waals surface area contributed by atoms with Crippen molar-refractivity contribution in [2.45, 2.75) is 6.18 Å². The van der Waals surface area contributed by atoms with Gasteiger partial charge in [-0.2, -0.15) is 18.2 Å². The van der Waals surface area contributed by atoms with E-state index in [0.717, 1.165) is 6.07 Å². The summed E-state index contributed by atoms with van der Waals surface area (Å²) in [5, 5.41) is 5.80. The molecule has 2 aromatic rings. The van der Waals surface area contributed by atoms with Crippen LogP contribution in [0.1, 0.15) is 5.56 Å². The molecule has 0 unspecified atom stereocenters. The van der Waals surface area contributed by atoms with Gasteiger partial charge in [0.1, 0.15) is 0 Å². The minimum atomic E-state index is -4.53. The number of nitrogens with zero attached hydrogens (tertiary/aromatic N) is 2. The fourth-order valence-electron chi connectivity index (χ4n) is 1.35. The van der Waals surface area contributed by atoms with Crippen molar-refractivity contribution in [3.63, 3.8) is 0 Å². The van der Waals surface area contributed by atoms with Crippen molar-refractivity contribution in [2.75, 3.05) is 5.73 Å². The molecule has 0 fully saturated rings. The van der Waals surface area contributed by atoms with Crippen LogP contribution in [0.2, 0.25) is 5.02 Å². The predicted octanol–water partition coefficient (Wildman–Crippen LogP) is 2.73. The number of nitrogens with one attached hydrogen (secondary N) is 1. The van der Waals surface area contributed by atoms with Gasteiger partial charge in [-0.05, 0) is 18.2 Å². The second kappa shape index (κ2) is 3.92. The highest BCUT2D eigenvalue weighted by molar-refractivity contribution is 6.30. The summed E-state index contributed by atoms with van der Waals surface area (Å²) in [6.07, 6.45) is -4.53. The third-order valence-electron chi connectivity index (χ3n) is 2.04. The number of hydrogen-bond donors (Lipinski definition) is 2. The number of nitrogens with two attached hydrogens (primary N) is 1. The maximum absolute atomic E-state index is 12.8. The van der Waals surface area contributed by atoms with Crippen LogP contribution in [0.15, 0.2) is 18.2 Å².